The Morgan fingerprint density at radius 2 is 1.50 bits per heavy atom. The molecule has 14 heteroatoms. The molecule has 42 heavy (non-hydrogen) atoms. The van der Waals surface area contributed by atoms with Crippen LogP contribution in [0.4, 0.5) is 0 Å². The average molecular weight is 652 g/mol. The number of sulfonamides is 1. The van der Waals surface area contributed by atoms with Gasteiger partial charge in [0, 0.05) is 29.1 Å². The molecule has 2 aliphatic rings. The summed E-state index contributed by atoms with van der Waals surface area (Å²) in [6.07, 6.45) is 0.367. The zero-order valence-electron chi connectivity index (χ0n) is 23.1. The maximum atomic E-state index is 13.4. The zero-order valence-corrected chi connectivity index (χ0v) is 26.2. The van der Waals surface area contributed by atoms with Crippen molar-refractivity contribution < 1.29 is 16.8 Å². The quantitative estimate of drug-likeness (QED) is 0.300. The Morgan fingerprint density at radius 3 is 2.07 bits per heavy atom. The van der Waals surface area contributed by atoms with E-state index in [2.05, 4.69) is 9.71 Å². The molecule has 0 spiro atoms. The Hall–Kier alpha value is -3.00. The molecule has 1 saturated heterocycles. The van der Waals surface area contributed by atoms with E-state index in [9.17, 15) is 16.8 Å². The predicted octanol–water partition coefficient (Wildman–Crippen LogP) is 4.44. The standard InChI is InChI=1S/C26H26Cl2N6O4S2.C2H6/c27-20-8-6-19(7-9-20)25-24(18-4-2-1-3-5-18)17-34(31-25)26(30-22-14-15-33(16-22)40(29,37)38)32-39(35,36)23-12-10-21(28)11-13-23;1-2/h1-13,22,24H,14-17H2,(H,30,32)(H2,29,37,38);1-2H3. The second-order valence-corrected chi connectivity index (χ2v) is 13.5. The summed E-state index contributed by atoms with van der Waals surface area (Å²) >= 11 is 12.1. The van der Waals surface area contributed by atoms with Crippen LogP contribution in [-0.2, 0) is 20.2 Å². The number of hydrogen-bond donors (Lipinski definition) is 2. The van der Waals surface area contributed by atoms with Crippen LogP contribution in [0, 0.1) is 0 Å². The van der Waals surface area contributed by atoms with Gasteiger partial charge in [-0.25, -0.2) is 28.3 Å². The van der Waals surface area contributed by atoms with Crippen LogP contribution >= 0.6 is 23.2 Å². The molecule has 2 unspecified atom stereocenters. The van der Waals surface area contributed by atoms with Crippen molar-refractivity contribution in [1.82, 2.24) is 14.0 Å². The Morgan fingerprint density at radius 1 is 0.905 bits per heavy atom. The first-order valence-corrected chi connectivity index (χ1v) is 17.0. The lowest BCUT2D eigenvalue weighted by Crippen LogP contribution is -2.42. The van der Waals surface area contributed by atoms with Crippen molar-refractivity contribution in [3.05, 3.63) is 100 Å². The molecule has 224 valence electrons. The smallest absolute Gasteiger partial charge is 0.248 e. The summed E-state index contributed by atoms with van der Waals surface area (Å²) in [5, 5.41) is 12.6. The van der Waals surface area contributed by atoms with Crippen LogP contribution in [0.25, 0.3) is 0 Å². The van der Waals surface area contributed by atoms with E-state index >= 15 is 0 Å². The molecule has 0 saturated carbocycles. The van der Waals surface area contributed by atoms with Crippen LogP contribution < -0.4 is 9.86 Å². The highest BCUT2D eigenvalue weighted by Gasteiger charge is 2.35. The van der Waals surface area contributed by atoms with Gasteiger partial charge in [-0.1, -0.05) is 79.5 Å². The molecule has 0 aromatic heterocycles. The van der Waals surface area contributed by atoms with Crippen molar-refractivity contribution in [2.75, 3.05) is 19.6 Å². The van der Waals surface area contributed by atoms with Crippen molar-refractivity contribution >= 4 is 55.1 Å². The number of hydrogen-bond acceptors (Lipinski definition) is 6. The number of nitrogens with one attached hydrogen (secondary N) is 1. The highest BCUT2D eigenvalue weighted by molar-refractivity contribution is 7.90. The molecule has 2 atom stereocenters. The first-order valence-electron chi connectivity index (χ1n) is 13.3. The number of rotatable bonds is 6. The Labute approximate surface area is 257 Å². The molecule has 3 N–H and O–H groups in total. The summed E-state index contributed by atoms with van der Waals surface area (Å²) in [5.41, 5.74) is 2.51. The maximum absolute atomic E-state index is 13.4. The van der Waals surface area contributed by atoms with Gasteiger partial charge in [0.05, 0.1) is 23.2 Å². The number of guanidine groups is 1. The first-order chi connectivity index (χ1) is 20.0. The highest BCUT2D eigenvalue weighted by atomic mass is 35.5. The van der Waals surface area contributed by atoms with Crippen molar-refractivity contribution in [3.63, 3.8) is 0 Å². The van der Waals surface area contributed by atoms with Gasteiger partial charge >= 0.3 is 0 Å². The van der Waals surface area contributed by atoms with Gasteiger partial charge in [-0.15, -0.1) is 0 Å². The summed E-state index contributed by atoms with van der Waals surface area (Å²) in [5.74, 6) is -0.238. The minimum atomic E-state index is -4.09. The minimum absolute atomic E-state index is 0.0112. The van der Waals surface area contributed by atoms with Gasteiger partial charge in [-0.3, -0.25) is 0 Å². The third-order valence-electron chi connectivity index (χ3n) is 6.64. The van der Waals surface area contributed by atoms with E-state index in [4.69, 9.17) is 33.4 Å². The van der Waals surface area contributed by atoms with Crippen molar-refractivity contribution in [3.8, 4) is 0 Å². The molecule has 0 aliphatic carbocycles. The fourth-order valence-corrected chi connectivity index (χ4v) is 6.62. The number of benzene rings is 3. The Bertz CT molecular complexity index is 1650. The molecule has 2 aliphatic heterocycles. The lowest BCUT2D eigenvalue weighted by Gasteiger charge is -2.21. The van der Waals surface area contributed by atoms with E-state index in [-0.39, 0.29) is 36.4 Å². The van der Waals surface area contributed by atoms with Crippen molar-refractivity contribution in [2.24, 2.45) is 15.2 Å². The van der Waals surface area contributed by atoms with Crippen LogP contribution in [0.3, 0.4) is 0 Å². The molecule has 3 aromatic rings. The molecular weight excluding hydrogens is 619 g/mol. The van der Waals surface area contributed by atoms with Crippen molar-refractivity contribution in [1.29, 1.82) is 0 Å². The number of hydrazone groups is 1. The molecule has 10 nitrogen and oxygen atoms in total. The lowest BCUT2D eigenvalue weighted by atomic mass is 9.91. The summed E-state index contributed by atoms with van der Waals surface area (Å²) < 4.78 is 54.2. The van der Waals surface area contributed by atoms with Crippen LogP contribution in [-0.4, -0.2) is 63.5 Å². The third-order valence-corrected chi connectivity index (χ3v) is 9.54. The SMILES string of the molecule is CC.NS(=O)(=O)N1CCC(N=C(NS(=O)(=O)c2ccc(Cl)cc2)N2CC(c3ccccc3)C(c3ccc(Cl)cc3)=N2)C1. The van der Waals surface area contributed by atoms with Gasteiger partial charge in [0.1, 0.15) is 0 Å². The fraction of sp³-hybridized carbons (Fsp3) is 0.286. The van der Waals surface area contributed by atoms with E-state index in [1.165, 1.54) is 29.3 Å². The summed E-state index contributed by atoms with van der Waals surface area (Å²) in [6, 6.07) is 22.2. The number of aliphatic imine (C=N–C) groups is 1. The van der Waals surface area contributed by atoms with Crippen LogP contribution in [0.5, 0.6) is 0 Å². The largest absolute Gasteiger partial charge is 0.276 e. The van der Waals surface area contributed by atoms with E-state index in [0.717, 1.165) is 15.4 Å². The zero-order chi connectivity index (χ0) is 30.5. The lowest BCUT2D eigenvalue weighted by molar-refractivity contribution is 0.452. The van der Waals surface area contributed by atoms with Gasteiger partial charge in [0.15, 0.2) is 0 Å². The molecule has 3 aromatic carbocycles. The second-order valence-electron chi connectivity index (χ2n) is 9.40. The van der Waals surface area contributed by atoms with E-state index in [0.29, 0.717) is 22.2 Å². The molecular formula is C28H32Cl2N6O4S2. The van der Waals surface area contributed by atoms with Crippen molar-refractivity contribution in [2.45, 2.75) is 37.1 Å². The fourth-order valence-electron chi connectivity index (χ4n) is 4.62. The minimum Gasteiger partial charge on any atom is -0.248 e. The first kappa shape index (κ1) is 31.9. The molecule has 0 bridgehead atoms. The van der Waals surface area contributed by atoms with Gasteiger partial charge in [0.25, 0.3) is 20.2 Å². The van der Waals surface area contributed by atoms with E-state index in [1.54, 1.807) is 12.1 Å². The summed E-state index contributed by atoms with van der Waals surface area (Å²) in [7, 11) is -8.00. The molecule has 1 fully saturated rings. The normalized spacial score (nSPS) is 19.7. The number of halogens is 2. The monoisotopic (exact) mass is 650 g/mol. The van der Waals surface area contributed by atoms with Gasteiger partial charge in [0.2, 0.25) is 5.96 Å². The number of nitrogens with two attached hydrogens (primary N) is 1. The van der Waals surface area contributed by atoms with E-state index in [1.807, 2.05) is 56.3 Å². The van der Waals surface area contributed by atoms with E-state index < -0.39 is 26.3 Å². The molecule has 5 rings (SSSR count). The molecule has 0 amide bonds. The summed E-state index contributed by atoms with van der Waals surface area (Å²) in [6.45, 7) is 4.49. The Kier molecular flexibility index (Phi) is 10.3. The number of nitrogens with zero attached hydrogens (tertiary/aromatic N) is 4. The molecule has 2 heterocycles. The highest BCUT2D eigenvalue weighted by Crippen LogP contribution is 2.30. The average Bonchev–Trinajstić information content (AvgIpc) is 3.63. The van der Waals surface area contributed by atoms with Crippen LogP contribution in [0.15, 0.2) is 93.9 Å². The predicted molar refractivity (Wildman–Crippen MR) is 168 cm³/mol. The third kappa shape index (κ3) is 7.68. The second kappa shape index (κ2) is 13.5. The van der Waals surface area contributed by atoms with Crippen LogP contribution in [0.2, 0.25) is 10.0 Å². The van der Waals surface area contributed by atoms with Gasteiger partial charge in [-0.2, -0.15) is 17.8 Å². The summed E-state index contributed by atoms with van der Waals surface area (Å²) in [4.78, 5) is 4.65. The van der Waals surface area contributed by atoms with Crippen LogP contribution in [0.1, 0.15) is 37.3 Å². The molecule has 0 radical (unpaired) electrons. The van der Waals surface area contributed by atoms with Gasteiger partial charge < -0.3 is 0 Å². The van der Waals surface area contributed by atoms with Gasteiger partial charge in [-0.05, 0) is 53.9 Å². The Balaban J connectivity index is 0.00000198. The topological polar surface area (TPSA) is 138 Å². The maximum Gasteiger partial charge on any atom is 0.276 e.